The third kappa shape index (κ3) is 3.69. The summed E-state index contributed by atoms with van der Waals surface area (Å²) in [6.45, 7) is 6.00. The molecule has 8 heteroatoms. The van der Waals surface area contributed by atoms with Crippen LogP contribution in [-0.4, -0.2) is 32.5 Å². The van der Waals surface area contributed by atoms with Crippen LogP contribution in [0, 0.1) is 0 Å². The van der Waals surface area contributed by atoms with Gasteiger partial charge in [0.1, 0.15) is 5.37 Å². The van der Waals surface area contributed by atoms with E-state index in [1.165, 1.54) is 11.8 Å². The molecule has 152 valence electrons. The standard InChI is InChI=1S/C21H23N3O4S/c1-21(2,3)20-22-16(24-28-20)15-13-7-4-5-10-14(13)29-18(15)23-17(25)11-8-6-9-12(11)19(26)27/h4-5,10,18H,6-9H2,1-3H3,(H,23,25)(H,26,27). The number of nitrogens with one attached hydrogen (secondary N) is 1. The second-order valence-electron chi connectivity index (χ2n) is 8.32. The number of fused-ring (bicyclic) bond motifs is 1. The molecule has 0 bridgehead atoms. The van der Waals surface area contributed by atoms with Crippen LogP contribution in [-0.2, 0) is 15.0 Å². The Morgan fingerprint density at radius 3 is 2.72 bits per heavy atom. The van der Waals surface area contributed by atoms with Crippen LogP contribution in [0.25, 0.3) is 5.57 Å². The predicted octanol–water partition coefficient (Wildman–Crippen LogP) is 3.72. The molecule has 0 aromatic carbocycles. The van der Waals surface area contributed by atoms with Gasteiger partial charge in [-0.05, 0) is 37.3 Å². The second-order valence-corrected chi connectivity index (χ2v) is 9.46. The molecule has 4 rings (SSSR count). The van der Waals surface area contributed by atoms with Gasteiger partial charge in [-0.3, -0.25) is 4.79 Å². The fraction of sp³-hybridized carbons (Fsp3) is 0.429. The summed E-state index contributed by atoms with van der Waals surface area (Å²) in [4.78, 5) is 30.0. The summed E-state index contributed by atoms with van der Waals surface area (Å²) >= 11 is 1.52. The molecule has 1 aromatic heterocycles. The minimum Gasteiger partial charge on any atom is -0.478 e. The van der Waals surface area contributed by atoms with Crippen molar-refractivity contribution in [2.24, 2.45) is 0 Å². The SMILES string of the molecule is CC(C)(C)c1nc(C2=C3CC=CC=C3SC2NC(=O)C2=C(C(=O)O)CCC2)no1. The van der Waals surface area contributed by atoms with Crippen molar-refractivity contribution in [1.82, 2.24) is 15.5 Å². The minimum atomic E-state index is -1.01. The van der Waals surface area contributed by atoms with E-state index in [0.29, 0.717) is 36.6 Å². The van der Waals surface area contributed by atoms with Crippen molar-refractivity contribution >= 4 is 29.2 Å². The molecule has 2 heterocycles. The summed E-state index contributed by atoms with van der Waals surface area (Å²) in [5, 5.41) is 16.2. The molecule has 1 atom stereocenters. The lowest BCUT2D eigenvalue weighted by molar-refractivity contribution is -0.133. The van der Waals surface area contributed by atoms with Gasteiger partial charge in [-0.15, -0.1) is 0 Å². The van der Waals surface area contributed by atoms with Crippen LogP contribution in [0.15, 0.2) is 44.4 Å². The smallest absolute Gasteiger partial charge is 0.332 e. The number of aromatic nitrogens is 2. The summed E-state index contributed by atoms with van der Waals surface area (Å²) in [5.74, 6) is -0.340. The van der Waals surface area contributed by atoms with Crippen molar-refractivity contribution in [3.05, 3.63) is 51.6 Å². The Labute approximate surface area is 173 Å². The highest BCUT2D eigenvalue weighted by Gasteiger charge is 2.37. The average molecular weight is 413 g/mol. The molecule has 0 saturated carbocycles. The van der Waals surface area contributed by atoms with E-state index in [9.17, 15) is 14.7 Å². The van der Waals surface area contributed by atoms with E-state index in [2.05, 4.69) is 21.5 Å². The highest BCUT2D eigenvalue weighted by Crippen LogP contribution is 2.48. The largest absolute Gasteiger partial charge is 0.478 e. The molecule has 7 nitrogen and oxygen atoms in total. The fourth-order valence-electron chi connectivity index (χ4n) is 3.67. The number of amides is 1. The third-order valence-corrected chi connectivity index (χ3v) is 6.38. The molecule has 0 saturated heterocycles. The first-order chi connectivity index (χ1) is 13.8. The highest BCUT2D eigenvalue weighted by atomic mass is 32.2. The van der Waals surface area contributed by atoms with Crippen LogP contribution in [0.1, 0.15) is 58.2 Å². The maximum absolute atomic E-state index is 12.9. The molecular weight excluding hydrogens is 390 g/mol. The predicted molar refractivity (Wildman–Crippen MR) is 110 cm³/mol. The molecule has 1 unspecified atom stereocenters. The number of nitrogens with zero attached hydrogens (tertiary/aromatic N) is 2. The van der Waals surface area contributed by atoms with Crippen molar-refractivity contribution in [3.8, 4) is 0 Å². The maximum atomic E-state index is 12.9. The molecule has 1 aromatic rings. The summed E-state index contributed by atoms with van der Waals surface area (Å²) in [7, 11) is 0. The Morgan fingerprint density at radius 2 is 2.03 bits per heavy atom. The van der Waals surface area contributed by atoms with Gasteiger partial charge in [0.05, 0.1) is 0 Å². The first-order valence-corrected chi connectivity index (χ1v) is 10.5. The Kier molecular flexibility index (Phi) is 4.98. The van der Waals surface area contributed by atoms with Crippen molar-refractivity contribution in [3.63, 3.8) is 0 Å². The van der Waals surface area contributed by atoms with E-state index in [1.54, 1.807) is 0 Å². The van der Waals surface area contributed by atoms with Gasteiger partial charge in [-0.2, -0.15) is 4.98 Å². The van der Waals surface area contributed by atoms with E-state index in [-0.39, 0.29) is 16.9 Å². The molecule has 1 amide bonds. The van der Waals surface area contributed by atoms with Crippen LogP contribution in [0.5, 0.6) is 0 Å². The second kappa shape index (κ2) is 7.33. The molecule has 0 radical (unpaired) electrons. The van der Waals surface area contributed by atoms with Crippen LogP contribution in [0.4, 0.5) is 0 Å². The van der Waals surface area contributed by atoms with Crippen LogP contribution in [0.2, 0.25) is 0 Å². The summed E-state index contributed by atoms with van der Waals surface area (Å²) in [5.41, 5.74) is 2.20. The van der Waals surface area contributed by atoms with Gasteiger partial charge >= 0.3 is 5.97 Å². The van der Waals surface area contributed by atoms with E-state index in [4.69, 9.17) is 4.52 Å². The number of thioether (sulfide) groups is 1. The number of hydrogen-bond acceptors (Lipinski definition) is 6. The van der Waals surface area contributed by atoms with E-state index in [0.717, 1.165) is 22.5 Å². The van der Waals surface area contributed by atoms with Crippen molar-refractivity contribution in [2.75, 3.05) is 0 Å². The van der Waals surface area contributed by atoms with E-state index < -0.39 is 11.3 Å². The Bertz CT molecular complexity index is 1010. The van der Waals surface area contributed by atoms with Crippen LogP contribution >= 0.6 is 11.8 Å². The lowest BCUT2D eigenvalue weighted by Gasteiger charge is -2.15. The third-order valence-electron chi connectivity index (χ3n) is 5.16. The van der Waals surface area contributed by atoms with Crippen molar-refractivity contribution < 1.29 is 19.2 Å². The topological polar surface area (TPSA) is 105 Å². The molecular formula is C21H23N3O4S. The molecule has 1 aliphatic heterocycles. The number of carbonyl (C=O) groups is 2. The van der Waals surface area contributed by atoms with Gasteiger partial charge in [0.25, 0.3) is 0 Å². The summed E-state index contributed by atoms with van der Waals surface area (Å²) in [6.07, 6.45) is 8.38. The van der Waals surface area contributed by atoms with Gasteiger partial charge in [0, 0.05) is 27.0 Å². The highest BCUT2D eigenvalue weighted by molar-refractivity contribution is 8.04. The number of carbonyl (C=O) groups excluding carboxylic acids is 1. The monoisotopic (exact) mass is 413 g/mol. The number of hydrogen-bond donors (Lipinski definition) is 2. The lowest BCUT2D eigenvalue weighted by atomic mass is 9.97. The minimum absolute atomic E-state index is 0.215. The number of aliphatic carboxylic acids is 1. The molecule has 2 N–H and O–H groups in total. The van der Waals surface area contributed by atoms with Crippen molar-refractivity contribution in [2.45, 2.75) is 57.2 Å². The summed E-state index contributed by atoms with van der Waals surface area (Å²) < 4.78 is 5.48. The maximum Gasteiger partial charge on any atom is 0.332 e. The number of carboxylic acids is 1. The van der Waals surface area contributed by atoms with Crippen molar-refractivity contribution in [1.29, 1.82) is 0 Å². The Balaban J connectivity index is 1.67. The number of allylic oxidation sites excluding steroid dienone is 4. The van der Waals surface area contributed by atoms with Gasteiger partial charge < -0.3 is 14.9 Å². The summed E-state index contributed by atoms with van der Waals surface area (Å²) in [6, 6.07) is 0. The zero-order valence-electron chi connectivity index (χ0n) is 16.6. The van der Waals surface area contributed by atoms with Crippen LogP contribution < -0.4 is 5.32 Å². The zero-order valence-corrected chi connectivity index (χ0v) is 17.4. The van der Waals surface area contributed by atoms with Gasteiger partial charge in [0.15, 0.2) is 0 Å². The lowest BCUT2D eigenvalue weighted by Crippen LogP contribution is -2.34. The van der Waals surface area contributed by atoms with Gasteiger partial charge in [0.2, 0.25) is 17.6 Å². The van der Waals surface area contributed by atoms with E-state index in [1.807, 2.05) is 32.9 Å². The molecule has 0 fully saturated rings. The fourth-order valence-corrected chi connectivity index (χ4v) is 4.95. The average Bonchev–Trinajstić information content (AvgIpc) is 3.38. The number of rotatable bonds is 4. The quantitative estimate of drug-likeness (QED) is 0.775. The first kappa shape index (κ1) is 19.7. The Hall–Kier alpha value is -2.61. The van der Waals surface area contributed by atoms with Gasteiger partial charge in [-0.25, -0.2) is 4.79 Å². The molecule has 0 spiro atoms. The molecule has 29 heavy (non-hydrogen) atoms. The zero-order chi connectivity index (χ0) is 20.8. The van der Waals surface area contributed by atoms with Crippen LogP contribution in [0.3, 0.4) is 0 Å². The molecule has 3 aliphatic rings. The first-order valence-electron chi connectivity index (χ1n) is 9.63. The van der Waals surface area contributed by atoms with E-state index >= 15 is 0 Å². The Morgan fingerprint density at radius 1 is 1.28 bits per heavy atom. The number of carboxylic acid groups (broad SMARTS) is 1. The molecule has 2 aliphatic carbocycles. The normalized spacial score (nSPS) is 21.5. The van der Waals surface area contributed by atoms with Gasteiger partial charge in [-0.1, -0.05) is 49.8 Å².